The maximum atomic E-state index is 9.51. The smallest absolute Gasteiger partial charge is 0.192 e. The molecule has 18 heavy (non-hydrogen) atoms. The Morgan fingerprint density at radius 2 is 1.94 bits per heavy atom. The van der Waals surface area contributed by atoms with E-state index in [-0.39, 0.29) is 5.04 Å². The molecule has 0 spiro atoms. The topological polar surface area (TPSA) is 42.4 Å². The maximum Gasteiger partial charge on any atom is 0.192 e. The highest BCUT2D eigenvalue weighted by molar-refractivity contribution is 6.74. The Morgan fingerprint density at radius 3 is 2.44 bits per heavy atom. The van der Waals surface area contributed by atoms with Crippen LogP contribution in [0.15, 0.2) is 18.2 Å². The highest BCUT2D eigenvalue weighted by Gasteiger charge is 2.37. The van der Waals surface area contributed by atoms with Crippen LogP contribution in [0.4, 0.5) is 0 Å². The van der Waals surface area contributed by atoms with Gasteiger partial charge < -0.3 is 9.53 Å². The van der Waals surface area contributed by atoms with Gasteiger partial charge in [-0.2, -0.15) is 0 Å². The largest absolute Gasteiger partial charge is 0.411 e. The minimum Gasteiger partial charge on any atom is -0.411 e. The van der Waals surface area contributed by atoms with Crippen molar-refractivity contribution >= 4 is 8.32 Å². The van der Waals surface area contributed by atoms with Crippen molar-refractivity contribution in [1.82, 2.24) is 4.98 Å². The third-order valence-corrected chi connectivity index (χ3v) is 8.12. The second-order valence-corrected chi connectivity index (χ2v) is 11.1. The summed E-state index contributed by atoms with van der Waals surface area (Å²) < 4.78 is 6.11. The molecule has 1 aromatic heterocycles. The van der Waals surface area contributed by atoms with Crippen LogP contribution in [-0.4, -0.2) is 18.4 Å². The molecule has 0 saturated heterocycles. The van der Waals surface area contributed by atoms with Crippen LogP contribution in [-0.2, 0) is 11.0 Å². The molecule has 1 N–H and O–H groups in total. The van der Waals surface area contributed by atoms with Gasteiger partial charge in [0.2, 0.25) is 0 Å². The number of rotatable bonds is 4. The van der Waals surface area contributed by atoms with Crippen LogP contribution < -0.4 is 0 Å². The van der Waals surface area contributed by atoms with E-state index in [2.05, 4.69) is 38.8 Å². The lowest BCUT2D eigenvalue weighted by Gasteiger charge is -2.36. The first kappa shape index (κ1) is 15.3. The van der Waals surface area contributed by atoms with Gasteiger partial charge in [0.05, 0.1) is 24.1 Å². The SMILES string of the molecule is CC(O)c1cccc(CO[Si](C)(C)C(C)(C)C)n1. The van der Waals surface area contributed by atoms with Crippen LogP contribution in [0.25, 0.3) is 0 Å². The molecule has 3 nitrogen and oxygen atoms in total. The van der Waals surface area contributed by atoms with Crippen LogP contribution in [0.3, 0.4) is 0 Å². The molecule has 0 saturated carbocycles. The lowest BCUT2D eigenvalue weighted by Crippen LogP contribution is -2.40. The fourth-order valence-electron chi connectivity index (χ4n) is 1.28. The Bertz CT molecular complexity index is 397. The van der Waals surface area contributed by atoms with Gasteiger partial charge in [-0.25, -0.2) is 0 Å². The molecule has 0 amide bonds. The van der Waals surface area contributed by atoms with Crippen LogP contribution in [0, 0.1) is 0 Å². The van der Waals surface area contributed by atoms with E-state index in [1.807, 2.05) is 18.2 Å². The van der Waals surface area contributed by atoms with Gasteiger partial charge in [-0.15, -0.1) is 0 Å². The van der Waals surface area contributed by atoms with E-state index in [1.54, 1.807) is 6.92 Å². The van der Waals surface area contributed by atoms with Crippen molar-refractivity contribution < 1.29 is 9.53 Å². The molecule has 0 bridgehead atoms. The number of aliphatic hydroxyl groups is 1. The van der Waals surface area contributed by atoms with Crippen molar-refractivity contribution in [2.24, 2.45) is 0 Å². The second-order valence-electron chi connectivity index (χ2n) is 6.28. The number of hydrogen-bond acceptors (Lipinski definition) is 3. The number of hydrogen-bond donors (Lipinski definition) is 1. The molecule has 1 heterocycles. The van der Waals surface area contributed by atoms with E-state index in [9.17, 15) is 5.11 Å². The zero-order chi connectivity index (χ0) is 14.0. The second kappa shape index (κ2) is 5.51. The summed E-state index contributed by atoms with van der Waals surface area (Å²) in [4.78, 5) is 4.40. The van der Waals surface area contributed by atoms with E-state index < -0.39 is 14.4 Å². The summed E-state index contributed by atoms with van der Waals surface area (Å²) in [6.45, 7) is 13.4. The Hall–Kier alpha value is -0.713. The molecule has 102 valence electrons. The molecule has 4 heteroatoms. The van der Waals surface area contributed by atoms with Gasteiger partial charge >= 0.3 is 0 Å². The monoisotopic (exact) mass is 267 g/mol. The van der Waals surface area contributed by atoms with Gasteiger partial charge in [0.15, 0.2) is 8.32 Å². The fourth-order valence-corrected chi connectivity index (χ4v) is 2.22. The van der Waals surface area contributed by atoms with E-state index >= 15 is 0 Å². The molecular weight excluding hydrogens is 242 g/mol. The summed E-state index contributed by atoms with van der Waals surface area (Å²) in [5.74, 6) is 0. The van der Waals surface area contributed by atoms with Crippen LogP contribution in [0.2, 0.25) is 18.1 Å². The number of aliphatic hydroxyl groups excluding tert-OH is 1. The van der Waals surface area contributed by atoms with Crippen LogP contribution in [0.5, 0.6) is 0 Å². The molecular formula is C14H25NO2Si. The summed E-state index contributed by atoms with van der Waals surface area (Å²) in [6.07, 6.45) is -0.530. The van der Waals surface area contributed by atoms with Gasteiger partial charge in [-0.1, -0.05) is 26.8 Å². The normalized spacial score (nSPS) is 14.6. The molecule has 1 rings (SSSR count). The first-order chi connectivity index (χ1) is 8.13. The molecule has 0 radical (unpaired) electrons. The molecule has 0 aliphatic carbocycles. The van der Waals surface area contributed by atoms with Crippen molar-refractivity contribution in [3.63, 3.8) is 0 Å². The summed E-state index contributed by atoms with van der Waals surface area (Å²) in [6, 6.07) is 5.69. The third kappa shape index (κ3) is 3.90. The summed E-state index contributed by atoms with van der Waals surface area (Å²) in [5, 5.41) is 9.71. The molecule has 0 aliphatic rings. The lowest BCUT2D eigenvalue weighted by atomic mass is 10.2. The van der Waals surface area contributed by atoms with Gasteiger partial charge in [-0.3, -0.25) is 4.98 Å². The summed E-state index contributed by atoms with van der Waals surface area (Å²) in [5.41, 5.74) is 1.59. The van der Waals surface area contributed by atoms with Crippen molar-refractivity contribution in [3.8, 4) is 0 Å². The zero-order valence-electron chi connectivity index (χ0n) is 12.3. The highest BCUT2D eigenvalue weighted by atomic mass is 28.4. The van der Waals surface area contributed by atoms with Crippen molar-refractivity contribution in [2.75, 3.05) is 0 Å². The van der Waals surface area contributed by atoms with Crippen LogP contribution in [0.1, 0.15) is 45.2 Å². The van der Waals surface area contributed by atoms with Crippen molar-refractivity contribution in [2.45, 2.75) is 58.5 Å². The molecule has 1 unspecified atom stereocenters. The molecule has 1 aromatic rings. The Labute approximate surface area is 111 Å². The Kier molecular flexibility index (Phi) is 4.70. The zero-order valence-corrected chi connectivity index (χ0v) is 13.3. The Morgan fingerprint density at radius 1 is 1.33 bits per heavy atom. The van der Waals surface area contributed by atoms with Gasteiger partial charge in [-0.05, 0) is 37.2 Å². The standard InChI is InChI=1S/C14H25NO2Si/c1-11(16)13-9-7-8-12(15-13)10-17-18(5,6)14(2,3)4/h7-9,11,16H,10H2,1-6H3. The van der Waals surface area contributed by atoms with E-state index in [1.165, 1.54) is 0 Å². The van der Waals surface area contributed by atoms with Gasteiger partial charge in [0.1, 0.15) is 0 Å². The number of pyridine rings is 1. The minimum atomic E-state index is -1.73. The molecule has 1 atom stereocenters. The molecule has 0 aromatic carbocycles. The summed E-state index contributed by atoms with van der Waals surface area (Å²) in [7, 11) is -1.73. The van der Waals surface area contributed by atoms with Gasteiger partial charge in [0, 0.05) is 0 Å². The first-order valence-corrected chi connectivity index (χ1v) is 9.32. The van der Waals surface area contributed by atoms with E-state index in [4.69, 9.17) is 4.43 Å². The predicted molar refractivity (Wildman–Crippen MR) is 76.9 cm³/mol. The van der Waals surface area contributed by atoms with E-state index in [0.717, 1.165) is 5.69 Å². The lowest BCUT2D eigenvalue weighted by molar-refractivity contribution is 0.193. The highest BCUT2D eigenvalue weighted by Crippen LogP contribution is 2.36. The fraction of sp³-hybridized carbons (Fsp3) is 0.643. The van der Waals surface area contributed by atoms with Crippen molar-refractivity contribution in [3.05, 3.63) is 29.6 Å². The summed E-state index contributed by atoms with van der Waals surface area (Å²) >= 11 is 0. The average molecular weight is 267 g/mol. The number of nitrogens with zero attached hydrogens (tertiary/aromatic N) is 1. The predicted octanol–water partition coefficient (Wildman–Crippen LogP) is 3.66. The first-order valence-electron chi connectivity index (χ1n) is 6.41. The molecule has 0 fully saturated rings. The number of aromatic nitrogens is 1. The van der Waals surface area contributed by atoms with Gasteiger partial charge in [0.25, 0.3) is 0 Å². The van der Waals surface area contributed by atoms with E-state index in [0.29, 0.717) is 12.3 Å². The maximum absolute atomic E-state index is 9.51. The third-order valence-electron chi connectivity index (χ3n) is 3.64. The average Bonchev–Trinajstić information content (AvgIpc) is 2.25. The molecule has 0 aliphatic heterocycles. The minimum absolute atomic E-state index is 0.203. The quantitative estimate of drug-likeness (QED) is 0.847. The Balaban J connectivity index is 2.72. The van der Waals surface area contributed by atoms with Crippen molar-refractivity contribution in [1.29, 1.82) is 0 Å². The van der Waals surface area contributed by atoms with Crippen LogP contribution >= 0.6 is 0 Å².